The van der Waals surface area contributed by atoms with Crippen molar-refractivity contribution in [2.45, 2.75) is 36.9 Å². The molecule has 0 atom stereocenters. The maximum atomic E-state index is 12.9. The molecule has 0 spiro atoms. The van der Waals surface area contributed by atoms with Gasteiger partial charge in [-0.25, -0.2) is 15.0 Å². The monoisotopic (exact) mass is 391 g/mol. The molecule has 28 heavy (non-hydrogen) atoms. The number of nitrogens with zero attached hydrogens (tertiary/aromatic N) is 4. The van der Waals surface area contributed by atoms with Crippen LogP contribution in [0.4, 0.5) is 24.8 Å². The highest BCUT2D eigenvalue weighted by Crippen LogP contribution is 2.40. The van der Waals surface area contributed by atoms with E-state index in [-0.39, 0.29) is 5.82 Å². The first kappa shape index (κ1) is 17.8. The van der Waals surface area contributed by atoms with Crippen molar-refractivity contribution in [3.05, 3.63) is 41.5 Å². The van der Waals surface area contributed by atoms with E-state index in [0.717, 1.165) is 69.0 Å². The molecule has 0 unspecified atom stereocenters. The molecule has 5 rings (SSSR count). The SMILES string of the molecule is FC(F)(F)c1ccnc(Nc2cc(C3CN(C4COC4)C3)nc(C3CC3)n2)c1. The number of halogens is 3. The van der Waals surface area contributed by atoms with Crippen LogP contribution < -0.4 is 5.32 Å². The zero-order chi connectivity index (χ0) is 19.3. The predicted molar refractivity (Wildman–Crippen MR) is 95.4 cm³/mol. The minimum Gasteiger partial charge on any atom is -0.378 e. The first-order valence-electron chi connectivity index (χ1n) is 9.46. The Bertz CT molecular complexity index is 876. The van der Waals surface area contributed by atoms with Crippen molar-refractivity contribution in [3.8, 4) is 0 Å². The number of alkyl halides is 3. The molecule has 2 aliphatic heterocycles. The zero-order valence-electron chi connectivity index (χ0n) is 15.1. The molecule has 2 saturated heterocycles. The van der Waals surface area contributed by atoms with E-state index in [0.29, 0.717) is 23.7 Å². The van der Waals surface area contributed by atoms with E-state index in [9.17, 15) is 13.2 Å². The van der Waals surface area contributed by atoms with Gasteiger partial charge in [-0.15, -0.1) is 0 Å². The molecule has 3 aliphatic rings. The van der Waals surface area contributed by atoms with E-state index >= 15 is 0 Å². The molecule has 1 N–H and O–H groups in total. The van der Waals surface area contributed by atoms with Gasteiger partial charge in [-0.1, -0.05) is 0 Å². The lowest BCUT2D eigenvalue weighted by molar-refractivity contribution is -0.137. The normalized spacial score (nSPS) is 21.2. The second-order valence-electron chi connectivity index (χ2n) is 7.71. The van der Waals surface area contributed by atoms with Gasteiger partial charge in [-0.3, -0.25) is 4.90 Å². The second-order valence-corrected chi connectivity index (χ2v) is 7.71. The summed E-state index contributed by atoms with van der Waals surface area (Å²) >= 11 is 0. The smallest absolute Gasteiger partial charge is 0.378 e. The van der Waals surface area contributed by atoms with Gasteiger partial charge in [0.1, 0.15) is 17.5 Å². The van der Waals surface area contributed by atoms with Crippen LogP contribution in [0.5, 0.6) is 0 Å². The number of rotatable bonds is 5. The predicted octanol–water partition coefficient (Wildman–Crippen LogP) is 3.31. The van der Waals surface area contributed by atoms with Crippen molar-refractivity contribution < 1.29 is 17.9 Å². The second kappa shape index (κ2) is 6.66. The van der Waals surface area contributed by atoms with Crippen molar-refractivity contribution in [1.82, 2.24) is 19.9 Å². The van der Waals surface area contributed by atoms with Crippen LogP contribution in [0.3, 0.4) is 0 Å². The zero-order valence-corrected chi connectivity index (χ0v) is 15.1. The van der Waals surface area contributed by atoms with E-state index in [1.807, 2.05) is 6.07 Å². The van der Waals surface area contributed by atoms with Gasteiger partial charge in [0, 0.05) is 37.2 Å². The van der Waals surface area contributed by atoms with E-state index in [4.69, 9.17) is 9.72 Å². The summed E-state index contributed by atoms with van der Waals surface area (Å²) in [6.07, 6.45) is -1.14. The first-order valence-corrected chi connectivity index (χ1v) is 9.46. The minimum atomic E-state index is -4.41. The maximum Gasteiger partial charge on any atom is 0.416 e. The lowest BCUT2D eigenvalue weighted by Crippen LogP contribution is -2.58. The van der Waals surface area contributed by atoms with Crippen LogP contribution in [-0.2, 0) is 10.9 Å². The third-order valence-electron chi connectivity index (χ3n) is 5.51. The van der Waals surface area contributed by atoms with Gasteiger partial charge < -0.3 is 10.1 Å². The molecule has 148 valence electrons. The van der Waals surface area contributed by atoms with E-state index in [2.05, 4.69) is 20.2 Å². The molecule has 0 amide bonds. The number of nitrogens with one attached hydrogen (secondary N) is 1. The molecule has 0 aromatic carbocycles. The number of aromatic nitrogens is 3. The lowest BCUT2D eigenvalue weighted by atomic mass is 9.93. The van der Waals surface area contributed by atoms with Crippen molar-refractivity contribution in [2.24, 2.45) is 0 Å². The molecule has 6 nitrogen and oxygen atoms in total. The number of hydrogen-bond acceptors (Lipinski definition) is 6. The third-order valence-corrected chi connectivity index (χ3v) is 5.51. The summed E-state index contributed by atoms with van der Waals surface area (Å²) in [5.74, 6) is 2.08. The maximum absolute atomic E-state index is 12.9. The van der Waals surface area contributed by atoms with Crippen LogP contribution in [0, 0.1) is 0 Å². The molecule has 9 heteroatoms. The van der Waals surface area contributed by atoms with Crippen LogP contribution in [0.15, 0.2) is 24.4 Å². The summed E-state index contributed by atoms with van der Waals surface area (Å²) in [6, 6.07) is 4.31. The number of ether oxygens (including phenoxy) is 1. The first-order chi connectivity index (χ1) is 13.5. The van der Waals surface area contributed by atoms with Gasteiger partial charge in [-0.2, -0.15) is 13.2 Å². The molecular formula is C19H20F3N5O. The van der Waals surface area contributed by atoms with Crippen LogP contribution in [0.25, 0.3) is 0 Å². The molecule has 1 saturated carbocycles. The Labute approximate surface area is 160 Å². The molecule has 4 heterocycles. The molecule has 0 bridgehead atoms. The fourth-order valence-corrected chi connectivity index (χ4v) is 3.52. The number of anilines is 2. The minimum absolute atomic E-state index is 0.128. The van der Waals surface area contributed by atoms with E-state index < -0.39 is 11.7 Å². The summed E-state index contributed by atoms with van der Waals surface area (Å²) < 4.78 is 44.1. The number of pyridine rings is 1. The van der Waals surface area contributed by atoms with Gasteiger partial charge in [0.05, 0.1) is 30.5 Å². The van der Waals surface area contributed by atoms with Crippen LogP contribution in [0.1, 0.15) is 41.8 Å². The van der Waals surface area contributed by atoms with Gasteiger partial charge in [-0.05, 0) is 25.0 Å². The average molecular weight is 391 g/mol. The highest BCUT2D eigenvalue weighted by atomic mass is 19.4. The van der Waals surface area contributed by atoms with Crippen LogP contribution in [0.2, 0.25) is 0 Å². The Kier molecular flexibility index (Phi) is 4.24. The molecule has 0 radical (unpaired) electrons. The topological polar surface area (TPSA) is 63.2 Å². The molecule has 3 fully saturated rings. The van der Waals surface area contributed by atoms with E-state index in [1.54, 1.807) is 0 Å². The summed E-state index contributed by atoms with van der Waals surface area (Å²) in [5.41, 5.74) is 0.210. The van der Waals surface area contributed by atoms with Crippen molar-refractivity contribution in [2.75, 3.05) is 31.6 Å². The highest BCUT2D eigenvalue weighted by Gasteiger charge is 2.38. The summed E-state index contributed by atoms with van der Waals surface area (Å²) in [7, 11) is 0. The van der Waals surface area contributed by atoms with Gasteiger partial charge >= 0.3 is 6.18 Å². The van der Waals surface area contributed by atoms with Crippen molar-refractivity contribution in [1.29, 1.82) is 0 Å². The van der Waals surface area contributed by atoms with Gasteiger partial charge in [0.2, 0.25) is 0 Å². The fourth-order valence-electron chi connectivity index (χ4n) is 3.52. The van der Waals surface area contributed by atoms with Crippen molar-refractivity contribution in [3.63, 3.8) is 0 Å². The average Bonchev–Trinajstić information content (AvgIpc) is 3.40. The summed E-state index contributed by atoms with van der Waals surface area (Å²) in [6.45, 7) is 3.43. The Hall–Kier alpha value is -2.26. The van der Waals surface area contributed by atoms with Crippen LogP contribution in [-0.4, -0.2) is 52.2 Å². The Morgan fingerprint density at radius 3 is 2.46 bits per heavy atom. The standard InChI is InChI=1S/C19H20F3N5O/c20-19(21,22)13-3-4-23-16(5-13)25-17-6-15(24-18(26-17)11-1-2-11)12-7-27(8-12)14-9-28-10-14/h3-6,11-12,14H,1-2,7-10H2,(H,23,24,25,26). The molecule has 1 aliphatic carbocycles. The third kappa shape index (κ3) is 3.56. The fraction of sp³-hybridized carbons (Fsp3) is 0.526. The van der Waals surface area contributed by atoms with E-state index in [1.165, 1.54) is 0 Å². The van der Waals surface area contributed by atoms with Crippen LogP contribution >= 0.6 is 0 Å². The largest absolute Gasteiger partial charge is 0.416 e. The number of likely N-dealkylation sites (tertiary alicyclic amines) is 1. The molecule has 2 aromatic rings. The Morgan fingerprint density at radius 2 is 1.82 bits per heavy atom. The summed E-state index contributed by atoms with van der Waals surface area (Å²) in [5, 5.41) is 2.94. The Balaban J connectivity index is 1.36. The summed E-state index contributed by atoms with van der Waals surface area (Å²) in [4.78, 5) is 15.7. The quantitative estimate of drug-likeness (QED) is 0.844. The number of hydrogen-bond donors (Lipinski definition) is 1. The van der Waals surface area contributed by atoms with Gasteiger partial charge in [0.15, 0.2) is 0 Å². The molecular weight excluding hydrogens is 371 g/mol. The Morgan fingerprint density at radius 1 is 1.04 bits per heavy atom. The lowest BCUT2D eigenvalue weighted by Gasteiger charge is -2.47. The highest BCUT2D eigenvalue weighted by molar-refractivity contribution is 5.53. The van der Waals surface area contributed by atoms with Crippen molar-refractivity contribution >= 4 is 11.6 Å². The van der Waals surface area contributed by atoms with Gasteiger partial charge in [0.25, 0.3) is 0 Å². The molecule has 2 aromatic heterocycles.